The normalized spacial score (nSPS) is 11.6. The predicted molar refractivity (Wildman–Crippen MR) is 118 cm³/mol. The molecule has 1 aromatic carbocycles. The summed E-state index contributed by atoms with van der Waals surface area (Å²) in [6.07, 6.45) is 5.64. The molecular formula is C22H31N7. The molecule has 0 radical (unpaired) electrons. The second-order valence-electron chi connectivity index (χ2n) is 7.06. The predicted octanol–water partition coefficient (Wildman–Crippen LogP) is 2.87. The summed E-state index contributed by atoms with van der Waals surface area (Å²) in [5.41, 5.74) is 4.63. The van der Waals surface area contributed by atoms with Crippen molar-refractivity contribution in [3.63, 3.8) is 0 Å². The van der Waals surface area contributed by atoms with Crippen LogP contribution in [0, 0.1) is 13.8 Å². The molecule has 0 aliphatic rings. The maximum atomic E-state index is 4.69. The highest BCUT2D eigenvalue weighted by Gasteiger charge is 2.02. The highest BCUT2D eigenvalue weighted by molar-refractivity contribution is 5.79. The SMILES string of the molecule is CCNC(=NCCCn1nc(C)cc1C)NCCc1ccc(-n2cccn2)cc1. The van der Waals surface area contributed by atoms with Gasteiger partial charge in [-0.3, -0.25) is 9.67 Å². The molecule has 0 saturated carbocycles. The topological polar surface area (TPSA) is 72.1 Å². The van der Waals surface area contributed by atoms with Gasteiger partial charge in [0.2, 0.25) is 0 Å². The van der Waals surface area contributed by atoms with Crippen LogP contribution in [0.25, 0.3) is 5.69 Å². The third-order valence-corrected chi connectivity index (χ3v) is 4.66. The molecule has 3 rings (SSSR count). The van der Waals surface area contributed by atoms with Gasteiger partial charge in [0.05, 0.1) is 11.4 Å². The van der Waals surface area contributed by atoms with E-state index in [-0.39, 0.29) is 0 Å². The number of hydrogen-bond donors (Lipinski definition) is 2. The first-order valence-electron chi connectivity index (χ1n) is 10.3. The summed E-state index contributed by atoms with van der Waals surface area (Å²) in [4.78, 5) is 4.69. The zero-order valence-corrected chi connectivity index (χ0v) is 17.6. The van der Waals surface area contributed by atoms with E-state index in [1.807, 2.05) is 23.9 Å². The average molecular weight is 394 g/mol. The van der Waals surface area contributed by atoms with Crippen LogP contribution in [0.5, 0.6) is 0 Å². The van der Waals surface area contributed by atoms with Crippen LogP contribution in [-0.2, 0) is 13.0 Å². The van der Waals surface area contributed by atoms with Gasteiger partial charge in [-0.25, -0.2) is 4.68 Å². The minimum absolute atomic E-state index is 0.770. The summed E-state index contributed by atoms with van der Waals surface area (Å²) < 4.78 is 3.92. The molecule has 0 fully saturated rings. The van der Waals surface area contributed by atoms with Crippen LogP contribution in [-0.4, -0.2) is 45.2 Å². The second-order valence-corrected chi connectivity index (χ2v) is 7.06. The Morgan fingerprint density at radius 2 is 1.97 bits per heavy atom. The Morgan fingerprint density at radius 1 is 1.14 bits per heavy atom. The Labute approximate surface area is 172 Å². The van der Waals surface area contributed by atoms with Gasteiger partial charge in [0.1, 0.15) is 0 Å². The van der Waals surface area contributed by atoms with E-state index in [0.29, 0.717) is 0 Å². The summed E-state index contributed by atoms with van der Waals surface area (Å²) in [5, 5.41) is 15.5. The lowest BCUT2D eigenvalue weighted by molar-refractivity contribution is 0.567. The van der Waals surface area contributed by atoms with Crippen molar-refractivity contribution in [2.75, 3.05) is 19.6 Å². The number of hydrogen-bond acceptors (Lipinski definition) is 3. The lowest BCUT2D eigenvalue weighted by Crippen LogP contribution is -2.38. The van der Waals surface area contributed by atoms with Crippen LogP contribution in [0.1, 0.15) is 30.3 Å². The van der Waals surface area contributed by atoms with Crippen LogP contribution < -0.4 is 10.6 Å². The molecule has 0 saturated heterocycles. The quantitative estimate of drug-likeness (QED) is 0.333. The van der Waals surface area contributed by atoms with Gasteiger partial charge in [0.25, 0.3) is 0 Å². The zero-order chi connectivity index (χ0) is 20.5. The molecule has 29 heavy (non-hydrogen) atoms. The van der Waals surface area contributed by atoms with Gasteiger partial charge < -0.3 is 10.6 Å². The van der Waals surface area contributed by atoms with Gasteiger partial charge in [-0.2, -0.15) is 10.2 Å². The van der Waals surface area contributed by atoms with Crippen LogP contribution in [0.3, 0.4) is 0 Å². The largest absolute Gasteiger partial charge is 0.357 e. The Balaban J connectivity index is 1.43. The molecule has 0 aliphatic heterocycles. The molecular weight excluding hydrogens is 362 g/mol. The molecule has 0 aliphatic carbocycles. The van der Waals surface area contributed by atoms with E-state index in [2.05, 4.69) is 74.7 Å². The highest BCUT2D eigenvalue weighted by atomic mass is 15.3. The van der Waals surface area contributed by atoms with Crippen molar-refractivity contribution in [1.29, 1.82) is 0 Å². The number of nitrogens with zero attached hydrogens (tertiary/aromatic N) is 5. The van der Waals surface area contributed by atoms with Crippen LogP contribution in [0.15, 0.2) is 53.8 Å². The van der Waals surface area contributed by atoms with Crippen molar-refractivity contribution >= 4 is 5.96 Å². The maximum absolute atomic E-state index is 4.69. The molecule has 7 nitrogen and oxygen atoms in total. The van der Waals surface area contributed by atoms with E-state index in [4.69, 9.17) is 0 Å². The molecule has 154 valence electrons. The van der Waals surface area contributed by atoms with Crippen molar-refractivity contribution < 1.29 is 0 Å². The number of aromatic nitrogens is 4. The van der Waals surface area contributed by atoms with Crippen LogP contribution >= 0.6 is 0 Å². The van der Waals surface area contributed by atoms with Crippen molar-refractivity contribution in [3.8, 4) is 5.69 Å². The maximum Gasteiger partial charge on any atom is 0.191 e. The summed E-state index contributed by atoms with van der Waals surface area (Å²) in [6.45, 7) is 9.56. The first-order chi connectivity index (χ1) is 14.2. The fourth-order valence-corrected chi connectivity index (χ4v) is 3.22. The van der Waals surface area contributed by atoms with Gasteiger partial charge >= 0.3 is 0 Å². The fourth-order valence-electron chi connectivity index (χ4n) is 3.22. The molecule has 0 bridgehead atoms. The Bertz CT molecular complexity index is 892. The number of aliphatic imine (C=N–C) groups is 1. The molecule has 2 aromatic heterocycles. The van der Waals surface area contributed by atoms with Gasteiger partial charge in [0, 0.05) is 44.3 Å². The second kappa shape index (κ2) is 10.5. The lowest BCUT2D eigenvalue weighted by atomic mass is 10.1. The van der Waals surface area contributed by atoms with Crippen molar-refractivity contribution in [3.05, 3.63) is 65.7 Å². The summed E-state index contributed by atoms with van der Waals surface area (Å²) >= 11 is 0. The lowest BCUT2D eigenvalue weighted by Gasteiger charge is -2.12. The fraction of sp³-hybridized carbons (Fsp3) is 0.409. The van der Waals surface area contributed by atoms with E-state index < -0.39 is 0 Å². The van der Waals surface area contributed by atoms with Crippen molar-refractivity contribution in [1.82, 2.24) is 30.2 Å². The van der Waals surface area contributed by atoms with E-state index >= 15 is 0 Å². The molecule has 2 N–H and O–H groups in total. The van der Waals surface area contributed by atoms with Gasteiger partial charge in [-0.05, 0) is 63.4 Å². The molecule has 0 unspecified atom stereocenters. The zero-order valence-electron chi connectivity index (χ0n) is 17.6. The first kappa shape index (κ1) is 20.6. The highest BCUT2D eigenvalue weighted by Crippen LogP contribution is 2.09. The number of aryl methyl sites for hydroxylation is 3. The van der Waals surface area contributed by atoms with Crippen molar-refractivity contribution in [2.24, 2.45) is 4.99 Å². The van der Waals surface area contributed by atoms with Gasteiger partial charge in [0.15, 0.2) is 5.96 Å². The number of guanidine groups is 1. The number of benzene rings is 1. The summed E-state index contributed by atoms with van der Waals surface area (Å²) in [6, 6.07) is 12.5. The third kappa shape index (κ3) is 6.20. The minimum atomic E-state index is 0.770. The molecule has 0 amide bonds. The minimum Gasteiger partial charge on any atom is -0.357 e. The third-order valence-electron chi connectivity index (χ3n) is 4.66. The monoisotopic (exact) mass is 393 g/mol. The Morgan fingerprint density at radius 3 is 2.62 bits per heavy atom. The van der Waals surface area contributed by atoms with Crippen LogP contribution in [0.2, 0.25) is 0 Å². The van der Waals surface area contributed by atoms with E-state index in [1.165, 1.54) is 11.3 Å². The molecule has 2 heterocycles. The average Bonchev–Trinajstić information content (AvgIpc) is 3.35. The van der Waals surface area contributed by atoms with Gasteiger partial charge in [-0.1, -0.05) is 12.1 Å². The summed E-state index contributed by atoms with van der Waals surface area (Å²) in [5.74, 6) is 0.869. The van der Waals surface area contributed by atoms with Crippen molar-refractivity contribution in [2.45, 2.75) is 40.2 Å². The first-order valence-corrected chi connectivity index (χ1v) is 10.3. The molecule has 0 spiro atoms. The molecule has 7 heteroatoms. The molecule has 3 aromatic rings. The van der Waals surface area contributed by atoms with E-state index in [9.17, 15) is 0 Å². The summed E-state index contributed by atoms with van der Waals surface area (Å²) in [7, 11) is 0. The van der Waals surface area contributed by atoms with Gasteiger partial charge in [-0.15, -0.1) is 0 Å². The van der Waals surface area contributed by atoms with E-state index in [0.717, 1.165) is 56.4 Å². The smallest absolute Gasteiger partial charge is 0.191 e. The Kier molecular flexibility index (Phi) is 7.44. The van der Waals surface area contributed by atoms with Crippen LogP contribution in [0.4, 0.5) is 0 Å². The number of nitrogens with one attached hydrogen (secondary N) is 2. The Hall–Kier alpha value is -3.09. The molecule has 0 atom stereocenters. The number of rotatable bonds is 9. The standard InChI is InChI=1S/C22H31N7/c1-4-23-22(24-12-5-15-28-19(3)17-18(2)27-28)25-14-11-20-7-9-21(10-8-20)29-16-6-13-26-29/h6-10,13,16-17H,4-5,11-12,14-15H2,1-3H3,(H2,23,24,25). The van der Waals surface area contributed by atoms with E-state index in [1.54, 1.807) is 6.20 Å².